The summed E-state index contributed by atoms with van der Waals surface area (Å²) in [6, 6.07) is 0. The molecule has 14 nitrogen and oxygen atoms in total. The van der Waals surface area contributed by atoms with Crippen molar-refractivity contribution in [3.63, 3.8) is 0 Å². The first-order chi connectivity index (χ1) is 19.9. The molecule has 18 heteroatoms. The molecule has 0 aromatic rings. The van der Waals surface area contributed by atoms with E-state index < -0.39 is 60.7 Å². The van der Waals surface area contributed by atoms with Gasteiger partial charge in [0.2, 0.25) is 8.41 Å². The van der Waals surface area contributed by atoms with Gasteiger partial charge < -0.3 is 9.11 Å². The predicted octanol–water partition coefficient (Wildman–Crippen LogP) is 6.07. The van der Waals surface area contributed by atoms with Crippen LogP contribution in [0.2, 0.25) is 0 Å². The fourth-order valence-electron chi connectivity index (χ4n) is 6.09. The van der Waals surface area contributed by atoms with Gasteiger partial charge in [0.05, 0.1) is 10.5 Å². The van der Waals surface area contributed by atoms with Gasteiger partial charge in [0.25, 0.3) is 0 Å². The van der Waals surface area contributed by atoms with E-state index in [9.17, 15) is 34.4 Å². The second kappa shape index (κ2) is 17.3. The third-order valence-electron chi connectivity index (χ3n) is 8.52. The summed E-state index contributed by atoms with van der Waals surface area (Å²) in [7, 11) is -8.49. The van der Waals surface area contributed by atoms with E-state index in [1.807, 2.05) is 0 Å². The van der Waals surface area contributed by atoms with Gasteiger partial charge in [-0.05, 0) is 71.7 Å². The number of hydrogen-bond donors (Lipinski definition) is 0. The molecule has 0 aliphatic heterocycles. The van der Waals surface area contributed by atoms with Crippen LogP contribution in [0.5, 0.6) is 0 Å². The Kier molecular flexibility index (Phi) is 15.2. The van der Waals surface area contributed by atoms with Crippen molar-refractivity contribution >= 4 is 41.8 Å². The summed E-state index contributed by atoms with van der Waals surface area (Å²) in [5, 5.41) is 4.96. The standard InChI is InChI=1S/C24H44N6O8S4/c25-29-27-23(39(31)32,41(35,36)21-15-9-7-10-16-21)19-13-5-3-1-2-4-6-14-20-24(28-30-26,40(33)34)42(37,38)22-17-11-8-12-18-22/h21-22H,1-20H2,(H,31,32)(H,33,34)/p-2. The van der Waals surface area contributed by atoms with Crippen LogP contribution >= 0.6 is 0 Å². The van der Waals surface area contributed by atoms with Gasteiger partial charge in [0, 0.05) is 9.82 Å². The molecular formula is C24H42N6O8S4-2. The van der Waals surface area contributed by atoms with Crippen molar-refractivity contribution in [1.82, 2.24) is 0 Å². The smallest absolute Gasteiger partial charge is 0.212 e. The second-order valence-electron chi connectivity index (χ2n) is 11.2. The molecule has 0 spiro atoms. The Balaban J connectivity index is 1.85. The SMILES string of the molecule is [N-]=[N+]=NC(CCCCCCCCCCC(N=[N+]=[N-])(S(=O)[O-])S(=O)(=O)C1CCCCC1)(S(=O)[O-])S(=O)(=O)C1CCCCC1. The molecule has 0 heterocycles. The van der Waals surface area contributed by atoms with Gasteiger partial charge in [-0.2, -0.15) is 0 Å². The molecule has 0 bridgehead atoms. The van der Waals surface area contributed by atoms with Gasteiger partial charge in [-0.3, -0.25) is 8.42 Å². The summed E-state index contributed by atoms with van der Waals surface area (Å²) in [5.74, 6) is 0. The fraction of sp³-hybridized carbons (Fsp3) is 1.00. The molecule has 2 aliphatic rings. The molecule has 2 aliphatic carbocycles. The number of sulfone groups is 2. The maximum atomic E-state index is 13.3. The molecule has 4 atom stereocenters. The summed E-state index contributed by atoms with van der Waals surface area (Å²) in [5.41, 5.74) is 18.0. The van der Waals surface area contributed by atoms with Gasteiger partial charge in [-0.1, -0.05) is 100 Å². The van der Waals surface area contributed by atoms with Crippen molar-refractivity contribution in [2.75, 3.05) is 0 Å². The highest BCUT2D eigenvalue weighted by Gasteiger charge is 2.50. The lowest BCUT2D eigenvalue weighted by atomic mass is 10.0. The monoisotopic (exact) mass is 670 g/mol. The van der Waals surface area contributed by atoms with Crippen LogP contribution in [-0.2, 0) is 41.8 Å². The van der Waals surface area contributed by atoms with Crippen LogP contribution < -0.4 is 0 Å². The Morgan fingerprint density at radius 1 is 0.595 bits per heavy atom. The minimum absolute atomic E-state index is 0.238. The van der Waals surface area contributed by atoms with Crippen molar-refractivity contribution < 1.29 is 34.4 Å². The van der Waals surface area contributed by atoms with Crippen LogP contribution in [-0.4, -0.2) is 53.3 Å². The molecular weight excluding hydrogens is 629 g/mol. The molecule has 242 valence electrons. The van der Waals surface area contributed by atoms with Crippen molar-refractivity contribution in [3.05, 3.63) is 20.9 Å². The van der Waals surface area contributed by atoms with E-state index in [1.54, 1.807) is 0 Å². The van der Waals surface area contributed by atoms with E-state index in [4.69, 9.17) is 11.1 Å². The highest BCUT2D eigenvalue weighted by atomic mass is 32.3. The number of rotatable bonds is 19. The maximum Gasteiger partial charge on any atom is 0.212 e. The Hall–Kier alpha value is -1.26. The lowest BCUT2D eigenvalue weighted by Crippen LogP contribution is -2.46. The number of hydrogen-bond acceptors (Lipinski definition) is 10. The lowest BCUT2D eigenvalue weighted by molar-refractivity contribution is 0.446. The zero-order valence-corrected chi connectivity index (χ0v) is 27.1. The van der Waals surface area contributed by atoms with Gasteiger partial charge in [0.15, 0.2) is 19.7 Å². The normalized spacial score (nSPS) is 21.7. The molecule has 0 aromatic heterocycles. The van der Waals surface area contributed by atoms with E-state index >= 15 is 0 Å². The molecule has 0 amide bonds. The first-order valence-electron chi connectivity index (χ1n) is 14.7. The van der Waals surface area contributed by atoms with E-state index in [0.29, 0.717) is 77.0 Å². The van der Waals surface area contributed by atoms with Gasteiger partial charge >= 0.3 is 0 Å². The fourth-order valence-corrected chi connectivity index (χ4v) is 13.4. The largest absolute Gasteiger partial charge is 0.771 e. The highest BCUT2D eigenvalue weighted by molar-refractivity contribution is 8.06. The molecule has 0 saturated heterocycles. The number of azide groups is 2. The number of unbranched alkanes of at least 4 members (excludes halogenated alkanes) is 7. The predicted molar refractivity (Wildman–Crippen MR) is 159 cm³/mol. The van der Waals surface area contributed by atoms with Gasteiger partial charge in [-0.15, -0.1) is 0 Å². The summed E-state index contributed by atoms with van der Waals surface area (Å²) in [6.07, 6.45) is 9.60. The molecule has 2 fully saturated rings. The van der Waals surface area contributed by atoms with Crippen LogP contribution in [0.4, 0.5) is 0 Å². The third kappa shape index (κ3) is 8.68. The molecule has 4 unspecified atom stereocenters. The van der Waals surface area contributed by atoms with Crippen molar-refractivity contribution in [3.8, 4) is 0 Å². The third-order valence-corrected chi connectivity index (χ3v) is 17.4. The molecule has 0 aromatic carbocycles. The van der Waals surface area contributed by atoms with Crippen LogP contribution in [0.15, 0.2) is 10.2 Å². The Morgan fingerprint density at radius 2 is 0.881 bits per heavy atom. The first kappa shape index (κ1) is 36.9. The van der Waals surface area contributed by atoms with Crippen LogP contribution in [0.25, 0.3) is 20.9 Å². The Bertz CT molecular complexity index is 1140. The molecule has 0 radical (unpaired) electrons. The summed E-state index contributed by atoms with van der Waals surface area (Å²) in [4.78, 5) is 5.16. The van der Waals surface area contributed by atoms with Crippen LogP contribution in [0.3, 0.4) is 0 Å². The van der Waals surface area contributed by atoms with E-state index in [0.717, 1.165) is 25.7 Å². The number of nitrogens with zero attached hydrogens (tertiary/aromatic N) is 6. The summed E-state index contributed by atoms with van der Waals surface area (Å²) >= 11 is -6.28. The van der Waals surface area contributed by atoms with Crippen molar-refractivity contribution in [2.24, 2.45) is 10.2 Å². The van der Waals surface area contributed by atoms with Crippen molar-refractivity contribution in [2.45, 2.75) is 147 Å². The molecule has 2 saturated carbocycles. The first-order valence-corrected chi connectivity index (χ1v) is 20.0. The Morgan fingerprint density at radius 3 is 1.14 bits per heavy atom. The van der Waals surface area contributed by atoms with Gasteiger partial charge in [-0.25, -0.2) is 16.8 Å². The minimum atomic E-state index is -4.25. The quantitative estimate of drug-likeness (QED) is 0.0511. The second-order valence-corrected chi connectivity index (χ2v) is 18.9. The van der Waals surface area contributed by atoms with Crippen LogP contribution in [0, 0.1) is 0 Å². The summed E-state index contributed by atoms with van der Waals surface area (Å²) < 4.78 is 96.5. The van der Waals surface area contributed by atoms with E-state index in [-0.39, 0.29) is 25.7 Å². The zero-order chi connectivity index (χ0) is 31.3. The molecule has 42 heavy (non-hydrogen) atoms. The summed E-state index contributed by atoms with van der Waals surface area (Å²) in [6.45, 7) is 0. The topological polar surface area (TPSA) is 246 Å². The molecule has 2 rings (SSSR count). The zero-order valence-electron chi connectivity index (χ0n) is 23.9. The van der Waals surface area contributed by atoms with Crippen molar-refractivity contribution in [1.29, 1.82) is 0 Å². The van der Waals surface area contributed by atoms with E-state index in [1.165, 1.54) is 0 Å². The van der Waals surface area contributed by atoms with E-state index in [2.05, 4.69) is 20.1 Å². The maximum absolute atomic E-state index is 13.3. The average molecular weight is 671 g/mol. The van der Waals surface area contributed by atoms with Crippen LogP contribution in [0.1, 0.15) is 128 Å². The van der Waals surface area contributed by atoms with Gasteiger partial charge in [0.1, 0.15) is 0 Å². The highest BCUT2D eigenvalue weighted by Crippen LogP contribution is 2.39. The lowest BCUT2D eigenvalue weighted by Gasteiger charge is -2.35. The minimum Gasteiger partial charge on any atom is -0.771 e. The average Bonchev–Trinajstić information content (AvgIpc) is 2.97. The Labute approximate surface area is 253 Å². The molecule has 0 N–H and O–H groups in total.